The van der Waals surface area contributed by atoms with E-state index in [2.05, 4.69) is 15.3 Å². The highest BCUT2D eigenvalue weighted by Gasteiger charge is 2.12. The Kier molecular flexibility index (Phi) is 3.59. The van der Waals surface area contributed by atoms with E-state index in [4.69, 9.17) is 9.15 Å². The van der Waals surface area contributed by atoms with Crippen LogP contribution < -0.4 is 4.74 Å². The fourth-order valence-corrected chi connectivity index (χ4v) is 2.49. The molecule has 0 aliphatic rings. The van der Waals surface area contributed by atoms with Gasteiger partial charge in [-0.05, 0) is 30.3 Å². The molecule has 7 nitrogen and oxygen atoms in total. The maximum atomic E-state index is 5.20. The molecule has 0 amide bonds. The maximum Gasteiger partial charge on any atom is 0.166 e. The van der Waals surface area contributed by atoms with Crippen LogP contribution in [0.1, 0.15) is 5.56 Å². The fraction of sp³-hybridized carbons (Fsp3) is 0.118. The third-order valence-electron chi connectivity index (χ3n) is 3.68. The number of nitrogens with zero attached hydrogens (tertiary/aromatic N) is 5. The zero-order valence-electron chi connectivity index (χ0n) is 13.0. The number of hydrogen-bond acceptors (Lipinski definition) is 5. The van der Waals surface area contributed by atoms with Crippen molar-refractivity contribution in [3.05, 3.63) is 67.0 Å². The standard InChI is InChI=1S/C17H15N5O2/c1-23-15-4-2-14(3-5-15)22-8-7-18-17(22)16-11-21(20-19-16)10-13-6-9-24-12-13/h2-9,11-12H,10H2,1H3. The Labute approximate surface area is 138 Å². The van der Waals surface area contributed by atoms with E-state index < -0.39 is 0 Å². The van der Waals surface area contributed by atoms with Crippen LogP contribution in [0.25, 0.3) is 17.2 Å². The molecule has 0 aliphatic carbocycles. The van der Waals surface area contributed by atoms with Gasteiger partial charge in [-0.2, -0.15) is 0 Å². The maximum absolute atomic E-state index is 5.20. The molecule has 24 heavy (non-hydrogen) atoms. The van der Waals surface area contributed by atoms with E-state index in [1.165, 1.54) is 0 Å². The quantitative estimate of drug-likeness (QED) is 0.565. The van der Waals surface area contributed by atoms with Crippen LogP contribution in [0, 0.1) is 0 Å². The Bertz CT molecular complexity index is 922. The van der Waals surface area contributed by atoms with E-state index in [1.807, 2.05) is 47.3 Å². The molecule has 0 fully saturated rings. The SMILES string of the molecule is COc1ccc(-n2ccnc2-c2cn(Cc3ccoc3)nn2)cc1. The van der Waals surface area contributed by atoms with Crippen LogP contribution in [0.15, 0.2) is 65.9 Å². The highest BCUT2D eigenvalue weighted by atomic mass is 16.5. The van der Waals surface area contributed by atoms with Crippen molar-refractivity contribution in [1.29, 1.82) is 0 Å². The summed E-state index contributed by atoms with van der Waals surface area (Å²) in [6, 6.07) is 9.67. The van der Waals surface area contributed by atoms with Crippen LogP contribution in [0.5, 0.6) is 5.75 Å². The summed E-state index contributed by atoms with van der Waals surface area (Å²) < 4.78 is 14.0. The molecule has 7 heteroatoms. The van der Waals surface area contributed by atoms with E-state index >= 15 is 0 Å². The number of methoxy groups -OCH3 is 1. The minimum atomic E-state index is 0.604. The topological polar surface area (TPSA) is 70.9 Å². The Morgan fingerprint density at radius 3 is 2.79 bits per heavy atom. The van der Waals surface area contributed by atoms with E-state index in [-0.39, 0.29) is 0 Å². The average molecular weight is 321 g/mol. The Morgan fingerprint density at radius 2 is 2.04 bits per heavy atom. The van der Waals surface area contributed by atoms with Crippen molar-refractivity contribution in [2.75, 3.05) is 7.11 Å². The van der Waals surface area contributed by atoms with Crippen molar-refractivity contribution in [3.8, 4) is 23.0 Å². The van der Waals surface area contributed by atoms with E-state index in [9.17, 15) is 0 Å². The average Bonchev–Trinajstić information content (AvgIpc) is 3.36. The lowest BCUT2D eigenvalue weighted by Gasteiger charge is -2.07. The summed E-state index contributed by atoms with van der Waals surface area (Å²) in [7, 11) is 1.65. The molecule has 3 heterocycles. The number of benzene rings is 1. The normalized spacial score (nSPS) is 10.9. The predicted octanol–water partition coefficient (Wildman–Crippen LogP) is 2.78. The van der Waals surface area contributed by atoms with E-state index in [0.29, 0.717) is 12.2 Å². The van der Waals surface area contributed by atoms with Crippen LogP contribution >= 0.6 is 0 Å². The second-order valence-corrected chi connectivity index (χ2v) is 5.25. The van der Waals surface area contributed by atoms with Crippen molar-refractivity contribution >= 4 is 0 Å². The minimum Gasteiger partial charge on any atom is -0.497 e. The van der Waals surface area contributed by atoms with Crippen molar-refractivity contribution in [2.24, 2.45) is 0 Å². The summed E-state index contributed by atoms with van der Waals surface area (Å²) >= 11 is 0. The number of rotatable bonds is 5. The molecule has 0 saturated carbocycles. The highest BCUT2D eigenvalue weighted by Crippen LogP contribution is 2.21. The van der Waals surface area contributed by atoms with Crippen LogP contribution in [0.2, 0.25) is 0 Å². The smallest absolute Gasteiger partial charge is 0.166 e. The van der Waals surface area contributed by atoms with Gasteiger partial charge in [0.25, 0.3) is 0 Å². The van der Waals surface area contributed by atoms with Crippen molar-refractivity contribution in [1.82, 2.24) is 24.5 Å². The number of hydrogen-bond donors (Lipinski definition) is 0. The number of ether oxygens (including phenoxy) is 1. The van der Waals surface area contributed by atoms with Gasteiger partial charge >= 0.3 is 0 Å². The molecule has 0 bridgehead atoms. The first kappa shape index (κ1) is 14.3. The minimum absolute atomic E-state index is 0.604. The molecule has 0 N–H and O–H groups in total. The van der Waals surface area contributed by atoms with Gasteiger partial charge in [0.15, 0.2) is 5.82 Å². The summed E-state index contributed by atoms with van der Waals surface area (Å²) in [4.78, 5) is 4.41. The molecule has 0 aliphatic heterocycles. The summed E-state index contributed by atoms with van der Waals surface area (Å²) in [6.45, 7) is 0.604. The monoisotopic (exact) mass is 321 g/mol. The van der Waals surface area contributed by atoms with Crippen LogP contribution in [-0.4, -0.2) is 31.7 Å². The third-order valence-corrected chi connectivity index (χ3v) is 3.68. The van der Waals surface area contributed by atoms with Crippen molar-refractivity contribution < 1.29 is 9.15 Å². The molecule has 4 rings (SSSR count). The lowest BCUT2D eigenvalue weighted by atomic mass is 10.3. The second-order valence-electron chi connectivity index (χ2n) is 5.25. The largest absolute Gasteiger partial charge is 0.497 e. The van der Waals surface area contributed by atoms with Crippen LogP contribution in [0.4, 0.5) is 0 Å². The van der Waals surface area contributed by atoms with E-state index in [1.54, 1.807) is 30.5 Å². The fourth-order valence-electron chi connectivity index (χ4n) is 2.49. The second kappa shape index (κ2) is 6.04. The van der Waals surface area contributed by atoms with Gasteiger partial charge in [-0.3, -0.25) is 4.57 Å². The van der Waals surface area contributed by atoms with Gasteiger partial charge in [-0.25, -0.2) is 9.67 Å². The van der Waals surface area contributed by atoms with Crippen LogP contribution in [-0.2, 0) is 6.54 Å². The lowest BCUT2D eigenvalue weighted by Crippen LogP contribution is -1.98. The van der Waals surface area contributed by atoms with Gasteiger partial charge in [0.2, 0.25) is 0 Å². The summed E-state index contributed by atoms with van der Waals surface area (Å²) in [5.41, 5.74) is 2.72. The lowest BCUT2D eigenvalue weighted by molar-refractivity contribution is 0.415. The molecule has 120 valence electrons. The molecule has 4 aromatic rings. The van der Waals surface area contributed by atoms with E-state index in [0.717, 1.165) is 22.8 Å². The highest BCUT2D eigenvalue weighted by molar-refractivity contribution is 5.53. The Hall–Kier alpha value is -3.35. The molecule has 0 atom stereocenters. The number of furan rings is 1. The molecule has 0 saturated heterocycles. The van der Waals surface area contributed by atoms with Crippen LogP contribution in [0.3, 0.4) is 0 Å². The summed E-state index contributed by atoms with van der Waals surface area (Å²) in [6.07, 6.45) is 8.85. The molecular weight excluding hydrogens is 306 g/mol. The molecular formula is C17H15N5O2. The molecule has 3 aromatic heterocycles. The molecule has 0 spiro atoms. The number of imidazole rings is 1. The zero-order chi connectivity index (χ0) is 16.4. The van der Waals surface area contributed by atoms with Crippen molar-refractivity contribution in [2.45, 2.75) is 6.54 Å². The first-order valence-corrected chi connectivity index (χ1v) is 7.43. The summed E-state index contributed by atoms with van der Waals surface area (Å²) in [5, 5.41) is 8.39. The van der Waals surface area contributed by atoms with Gasteiger partial charge in [0.05, 0.1) is 32.4 Å². The van der Waals surface area contributed by atoms with Gasteiger partial charge in [0, 0.05) is 23.6 Å². The van der Waals surface area contributed by atoms with Gasteiger partial charge in [-0.1, -0.05) is 5.21 Å². The van der Waals surface area contributed by atoms with Gasteiger partial charge in [-0.15, -0.1) is 5.10 Å². The zero-order valence-corrected chi connectivity index (χ0v) is 13.0. The Morgan fingerprint density at radius 1 is 1.17 bits per heavy atom. The van der Waals surface area contributed by atoms with Gasteiger partial charge < -0.3 is 9.15 Å². The van der Waals surface area contributed by atoms with Gasteiger partial charge in [0.1, 0.15) is 11.4 Å². The molecule has 1 aromatic carbocycles. The molecule has 0 radical (unpaired) electrons. The first-order chi connectivity index (χ1) is 11.8. The van der Waals surface area contributed by atoms with Crippen molar-refractivity contribution in [3.63, 3.8) is 0 Å². The molecule has 0 unspecified atom stereocenters. The predicted molar refractivity (Wildman–Crippen MR) is 86.9 cm³/mol. The number of aromatic nitrogens is 5. The Balaban J connectivity index is 1.63. The summed E-state index contributed by atoms with van der Waals surface area (Å²) in [5.74, 6) is 1.55. The first-order valence-electron chi connectivity index (χ1n) is 7.43. The third kappa shape index (κ3) is 2.67.